The Bertz CT molecular complexity index is 382. The molecular formula is C10H10N2S. The topological polar surface area (TPSA) is 28.7 Å². The Morgan fingerprint density at radius 3 is 2.92 bits per heavy atom. The molecular weight excluding hydrogens is 180 g/mol. The van der Waals surface area contributed by atoms with Crippen LogP contribution in [-0.2, 0) is 0 Å². The average molecular weight is 190 g/mol. The first-order valence-electron chi connectivity index (χ1n) is 4.09. The molecule has 1 aromatic heterocycles. The highest BCUT2D eigenvalue weighted by Gasteiger charge is 1.97. The highest BCUT2D eigenvalue weighted by Crippen LogP contribution is 2.25. The summed E-state index contributed by atoms with van der Waals surface area (Å²) in [5, 5.41) is 7.88. The number of nitrogens with one attached hydrogen (secondary N) is 1. The van der Waals surface area contributed by atoms with E-state index in [-0.39, 0.29) is 0 Å². The van der Waals surface area contributed by atoms with Crippen LogP contribution < -0.4 is 0 Å². The molecule has 0 unspecified atom stereocenters. The lowest BCUT2D eigenvalue weighted by atomic mass is 10.2. The third kappa shape index (κ3) is 2.12. The van der Waals surface area contributed by atoms with E-state index in [0.29, 0.717) is 0 Å². The third-order valence-electron chi connectivity index (χ3n) is 1.69. The van der Waals surface area contributed by atoms with Crippen molar-refractivity contribution >= 4 is 11.8 Å². The molecule has 0 aliphatic rings. The van der Waals surface area contributed by atoms with Gasteiger partial charge in [-0.3, -0.25) is 5.10 Å². The van der Waals surface area contributed by atoms with E-state index in [0.717, 1.165) is 5.03 Å². The van der Waals surface area contributed by atoms with E-state index in [1.807, 2.05) is 12.3 Å². The largest absolute Gasteiger partial charge is 0.285 e. The molecule has 0 aliphatic carbocycles. The summed E-state index contributed by atoms with van der Waals surface area (Å²) in [6, 6.07) is 10.4. The Hall–Kier alpha value is -1.22. The molecule has 1 N–H and O–H groups in total. The van der Waals surface area contributed by atoms with Gasteiger partial charge in [-0.25, -0.2) is 0 Å². The molecule has 2 nitrogen and oxygen atoms in total. The molecule has 13 heavy (non-hydrogen) atoms. The monoisotopic (exact) mass is 190 g/mol. The van der Waals surface area contributed by atoms with Crippen molar-refractivity contribution in [2.75, 3.05) is 0 Å². The minimum Gasteiger partial charge on any atom is -0.285 e. The van der Waals surface area contributed by atoms with Gasteiger partial charge in [0.05, 0.1) is 0 Å². The van der Waals surface area contributed by atoms with E-state index in [9.17, 15) is 0 Å². The molecule has 66 valence electrons. The molecule has 2 aromatic rings. The van der Waals surface area contributed by atoms with Crippen molar-refractivity contribution in [3.05, 3.63) is 42.1 Å². The molecule has 0 atom stereocenters. The van der Waals surface area contributed by atoms with E-state index < -0.39 is 0 Å². The second-order valence-corrected chi connectivity index (χ2v) is 3.92. The van der Waals surface area contributed by atoms with Crippen LogP contribution in [0.3, 0.4) is 0 Å². The number of aryl methyl sites for hydroxylation is 1. The van der Waals surface area contributed by atoms with Crippen molar-refractivity contribution < 1.29 is 0 Å². The lowest BCUT2D eigenvalue weighted by molar-refractivity contribution is 1.00. The van der Waals surface area contributed by atoms with Crippen molar-refractivity contribution in [3.63, 3.8) is 0 Å². The minimum absolute atomic E-state index is 1.01. The van der Waals surface area contributed by atoms with Gasteiger partial charge in [0.25, 0.3) is 0 Å². The van der Waals surface area contributed by atoms with Crippen molar-refractivity contribution in [3.8, 4) is 0 Å². The number of nitrogens with zero attached hydrogens (tertiary/aromatic N) is 1. The van der Waals surface area contributed by atoms with Crippen LogP contribution in [0.2, 0.25) is 0 Å². The zero-order valence-electron chi connectivity index (χ0n) is 7.32. The van der Waals surface area contributed by atoms with E-state index in [2.05, 4.69) is 41.4 Å². The van der Waals surface area contributed by atoms with E-state index in [4.69, 9.17) is 0 Å². The van der Waals surface area contributed by atoms with Crippen LogP contribution >= 0.6 is 11.8 Å². The number of aromatic nitrogens is 2. The van der Waals surface area contributed by atoms with Crippen LogP contribution in [-0.4, -0.2) is 10.2 Å². The second kappa shape index (κ2) is 3.66. The molecule has 0 saturated carbocycles. The molecule has 0 saturated heterocycles. The van der Waals surface area contributed by atoms with Gasteiger partial charge in [0, 0.05) is 11.1 Å². The highest BCUT2D eigenvalue weighted by molar-refractivity contribution is 7.99. The van der Waals surface area contributed by atoms with Gasteiger partial charge in [-0.15, -0.1) is 0 Å². The predicted molar refractivity (Wildman–Crippen MR) is 53.9 cm³/mol. The summed E-state index contributed by atoms with van der Waals surface area (Å²) in [4.78, 5) is 1.23. The summed E-state index contributed by atoms with van der Waals surface area (Å²) >= 11 is 1.67. The second-order valence-electron chi connectivity index (χ2n) is 2.83. The maximum atomic E-state index is 4.08. The molecule has 0 spiro atoms. The van der Waals surface area contributed by atoms with E-state index in [1.54, 1.807) is 11.8 Å². The van der Waals surface area contributed by atoms with Crippen molar-refractivity contribution in [1.82, 2.24) is 10.2 Å². The SMILES string of the molecule is Cc1cccc(Sc2cc[nH]n2)c1. The summed E-state index contributed by atoms with van der Waals surface area (Å²) < 4.78 is 0. The van der Waals surface area contributed by atoms with Crippen LogP contribution in [0.5, 0.6) is 0 Å². The summed E-state index contributed by atoms with van der Waals surface area (Å²) in [6.07, 6.45) is 1.83. The van der Waals surface area contributed by atoms with Gasteiger partial charge in [0.2, 0.25) is 0 Å². The number of H-pyrrole nitrogens is 1. The molecule has 1 aromatic carbocycles. The van der Waals surface area contributed by atoms with Gasteiger partial charge in [0.15, 0.2) is 0 Å². The lowest BCUT2D eigenvalue weighted by Crippen LogP contribution is -1.75. The standard InChI is InChI=1S/C10H10N2S/c1-8-3-2-4-9(7-8)13-10-5-6-11-12-10/h2-7H,1H3,(H,11,12). The fourth-order valence-corrected chi connectivity index (χ4v) is 1.97. The van der Waals surface area contributed by atoms with Gasteiger partial charge < -0.3 is 0 Å². The molecule has 0 amide bonds. The Morgan fingerprint density at radius 1 is 1.31 bits per heavy atom. The summed E-state index contributed by atoms with van der Waals surface area (Å²) in [7, 11) is 0. The maximum absolute atomic E-state index is 4.08. The van der Waals surface area contributed by atoms with Gasteiger partial charge >= 0.3 is 0 Å². The highest BCUT2D eigenvalue weighted by atomic mass is 32.2. The van der Waals surface area contributed by atoms with Crippen LogP contribution in [0.25, 0.3) is 0 Å². The average Bonchev–Trinajstić information content (AvgIpc) is 2.57. The molecule has 3 heteroatoms. The smallest absolute Gasteiger partial charge is 0.123 e. The van der Waals surface area contributed by atoms with Gasteiger partial charge in [-0.1, -0.05) is 29.5 Å². The van der Waals surface area contributed by atoms with E-state index >= 15 is 0 Å². The fraction of sp³-hybridized carbons (Fsp3) is 0.100. The zero-order chi connectivity index (χ0) is 9.10. The summed E-state index contributed by atoms with van der Waals surface area (Å²) in [5.41, 5.74) is 1.28. The van der Waals surface area contributed by atoms with Crippen LogP contribution in [0.4, 0.5) is 0 Å². The Kier molecular flexibility index (Phi) is 2.36. The molecule has 0 radical (unpaired) electrons. The summed E-state index contributed by atoms with van der Waals surface area (Å²) in [5.74, 6) is 0. The number of benzene rings is 1. The molecule has 0 aliphatic heterocycles. The normalized spacial score (nSPS) is 10.2. The maximum Gasteiger partial charge on any atom is 0.123 e. The van der Waals surface area contributed by atoms with Gasteiger partial charge in [-0.2, -0.15) is 5.10 Å². The Labute approximate surface area is 81.4 Å². The Morgan fingerprint density at radius 2 is 2.23 bits per heavy atom. The predicted octanol–water partition coefficient (Wildman–Crippen LogP) is 2.87. The quantitative estimate of drug-likeness (QED) is 0.788. The molecule has 0 fully saturated rings. The fourth-order valence-electron chi connectivity index (χ4n) is 1.10. The van der Waals surface area contributed by atoms with Crippen molar-refractivity contribution in [2.45, 2.75) is 16.8 Å². The zero-order valence-corrected chi connectivity index (χ0v) is 8.14. The van der Waals surface area contributed by atoms with Crippen molar-refractivity contribution in [2.24, 2.45) is 0 Å². The first kappa shape index (κ1) is 8.38. The van der Waals surface area contributed by atoms with Crippen LogP contribution in [0.1, 0.15) is 5.56 Å². The number of rotatable bonds is 2. The summed E-state index contributed by atoms with van der Waals surface area (Å²) in [6.45, 7) is 2.09. The van der Waals surface area contributed by atoms with E-state index in [1.165, 1.54) is 10.5 Å². The molecule has 1 heterocycles. The van der Waals surface area contributed by atoms with Crippen LogP contribution in [0.15, 0.2) is 46.5 Å². The Balaban J connectivity index is 2.19. The van der Waals surface area contributed by atoms with Crippen LogP contribution in [0, 0.1) is 6.92 Å². The first-order valence-corrected chi connectivity index (χ1v) is 4.90. The molecule has 0 bridgehead atoms. The number of aromatic amines is 1. The number of hydrogen-bond acceptors (Lipinski definition) is 2. The first-order chi connectivity index (χ1) is 6.34. The third-order valence-corrected chi connectivity index (χ3v) is 2.61. The minimum atomic E-state index is 1.01. The van der Waals surface area contributed by atoms with Gasteiger partial charge in [0.1, 0.15) is 5.03 Å². The van der Waals surface area contributed by atoms with Gasteiger partial charge in [-0.05, 0) is 25.1 Å². The van der Waals surface area contributed by atoms with Crippen molar-refractivity contribution in [1.29, 1.82) is 0 Å². The number of hydrogen-bond donors (Lipinski definition) is 1. The lowest BCUT2D eigenvalue weighted by Gasteiger charge is -1.98. The molecule has 2 rings (SSSR count).